The smallest absolute Gasteiger partial charge is 0.306 e. The maximum atomic E-state index is 12.1. The van der Waals surface area contributed by atoms with Crippen LogP contribution in [0.15, 0.2) is 101 Å². The lowest BCUT2D eigenvalue weighted by Crippen LogP contribution is -2.24. The molecule has 3 aromatic rings. The number of allylic oxidation sites excluding steroid dienone is 3. The van der Waals surface area contributed by atoms with Gasteiger partial charge in [0, 0.05) is 24.7 Å². The van der Waals surface area contributed by atoms with Crippen molar-refractivity contribution in [1.82, 2.24) is 0 Å². The molecular weight excluding hydrogens is 771 g/mol. The zero-order valence-corrected chi connectivity index (χ0v) is 32.6. The van der Waals surface area contributed by atoms with Gasteiger partial charge >= 0.3 is 11.9 Å². The zero-order valence-electron chi connectivity index (χ0n) is 30.5. The molecule has 0 aliphatic carbocycles. The van der Waals surface area contributed by atoms with E-state index in [1.165, 1.54) is 5.56 Å². The molecule has 0 radical (unpaired) electrons. The summed E-state index contributed by atoms with van der Waals surface area (Å²) in [5.41, 5.74) is 3.39. The number of ether oxygens (including phenoxy) is 6. The van der Waals surface area contributed by atoms with Gasteiger partial charge in [-0.1, -0.05) is 95.4 Å². The average Bonchev–Trinajstić information content (AvgIpc) is 3.17. The summed E-state index contributed by atoms with van der Waals surface area (Å²) >= 11 is 2.17. The second kappa shape index (κ2) is 23.8. The lowest BCUT2D eigenvalue weighted by atomic mass is 9.94. The van der Waals surface area contributed by atoms with Gasteiger partial charge in [-0.3, -0.25) is 9.59 Å². The van der Waals surface area contributed by atoms with Crippen molar-refractivity contribution in [2.75, 3.05) is 26.4 Å². The second-order valence-corrected chi connectivity index (χ2v) is 13.4. The standard InChI is InChI=1S/C25H30O4.C18H23IO4/c1-2-27-24(26)19-22(12-8-11-20-9-4-3-5-10-20)21-14-16-23(17-15-21)29-25-13-6-7-18-28-25;1-2-21-17(20)13-15(10-11-19)14-6-8-16(9-7-14)23-18-5-3-4-12-22-18/h3-5,8-10,12,14-17,22,25H,2,6-7,11,13,18-19H2,1H3;6-11,15,18H,2-5,12-13H2,1H3/b12-8+;11-10+/t22-,25?;15-,18?/m00/s1. The Morgan fingerprint density at radius 2 is 1.17 bits per heavy atom. The molecule has 0 bridgehead atoms. The SMILES string of the molecule is CCOC(=O)C[C@H](/C=C/Cc1ccccc1)c1ccc(OC2CCCCO2)cc1.CCOC(=O)C[C@H](/C=C/I)c1ccc(OC2CCCCO2)cc1. The summed E-state index contributed by atoms with van der Waals surface area (Å²) in [6, 6.07) is 26.1. The summed E-state index contributed by atoms with van der Waals surface area (Å²) in [5, 5.41) is 0. The molecule has 2 fully saturated rings. The Morgan fingerprint density at radius 3 is 1.60 bits per heavy atom. The van der Waals surface area contributed by atoms with E-state index in [0.717, 1.165) is 80.8 Å². The van der Waals surface area contributed by atoms with Gasteiger partial charge in [0.15, 0.2) is 12.6 Å². The molecule has 3 aromatic carbocycles. The third kappa shape index (κ3) is 15.1. The van der Waals surface area contributed by atoms with Gasteiger partial charge in [-0.05, 0) is 91.0 Å². The Hall–Kier alpha value is -3.67. The van der Waals surface area contributed by atoms with Gasteiger partial charge in [0.2, 0.25) is 0 Å². The summed E-state index contributed by atoms with van der Waals surface area (Å²) in [6.45, 7) is 5.99. The molecule has 0 saturated carbocycles. The van der Waals surface area contributed by atoms with Crippen LogP contribution in [0.4, 0.5) is 0 Å². The van der Waals surface area contributed by atoms with E-state index >= 15 is 0 Å². The minimum Gasteiger partial charge on any atom is -0.466 e. The summed E-state index contributed by atoms with van der Waals surface area (Å²) in [5.74, 6) is 1.22. The van der Waals surface area contributed by atoms with Crippen LogP contribution in [-0.4, -0.2) is 50.9 Å². The lowest BCUT2D eigenvalue weighted by molar-refractivity contribution is -0.144. The van der Waals surface area contributed by atoms with Gasteiger partial charge in [-0.15, -0.1) is 0 Å². The van der Waals surface area contributed by atoms with Crippen LogP contribution in [0.25, 0.3) is 0 Å². The van der Waals surface area contributed by atoms with Crippen LogP contribution in [0.1, 0.15) is 93.7 Å². The predicted molar refractivity (Wildman–Crippen MR) is 212 cm³/mol. The lowest BCUT2D eigenvalue weighted by Gasteiger charge is -2.23. The number of rotatable bonds is 16. The van der Waals surface area contributed by atoms with Crippen LogP contribution in [0.3, 0.4) is 0 Å². The van der Waals surface area contributed by atoms with E-state index < -0.39 is 0 Å². The van der Waals surface area contributed by atoms with Crippen molar-refractivity contribution in [2.45, 2.75) is 96.1 Å². The van der Waals surface area contributed by atoms with E-state index in [0.29, 0.717) is 26.1 Å². The van der Waals surface area contributed by atoms with E-state index in [1.807, 2.05) is 90.7 Å². The normalized spacial score (nSPS) is 18.5. The van der Waals surface area contributed by atoms with Gasteiger partial charge in [-0.25, -0.2) is 0 Å². The number of hydrogen-bond donors (Lipinski definition) is 0. The molecule has 2 heterocycles. The minimum atomic E-state index is -0.183. The first kappa shape index (κ1) is 41.1. The zero-order chi connectivity index (χ0) is 36.8. The predicted octanol–water partition coefficient (Wildman–Crippen LogP) is 10.0. The minimum absolute atomic E-state index is 0.0194. The number of esters is 2. The van der Waals surface area contributed by atoms with E-state index in [2.05, 4.69) is 46.9 Å². The van der Waals surface area contributed by atoms with Gasteiger partial charge in [-0.2, -0.15) is 0 Å². The Balaban J connectivity index is 0.000000239. The molecule has 2 aliphatic rings. The van der Waals surface area contributed by atoms with Crippen LogP contribution >= 0.6 is 22.6 Å². The molecule has 0 aromatic heterocycles. The average molecular weight is 825 g/mol. The molecule has 0 amide bonds. The highest BCUT2D eigenvalue weighted by atomic mass is 127. The third-order valence-electron chi connectivity index (χ3n) is 8.68. The number of benzene rings is 3. The van der Waals surface area contributed by atoms with Crippen LogP contribution in [0.2, 0.25) is 0 Å². The van der Waals surface area contributed by atoms with Crippen molar-refractivity contribution in [3.05, 3.63) is 118 Å². The number of hydrogen-bond acceptors (Lipinski definition) is 8. The summed E-state index contributed by atoms with van der Waals surface area (Å²) < 4.78 is 35.1. The monoisotopic (exact) mass is 824 g/mol. The van der Waals surface area contributed by atoms with E-state index in [9.17, 15) is 9.59 Å². The molecule has 5 rings (SSSR count). The summed E-state index contributed by atoms with van der Waals surface area (Å²) in [4.78, 5) is 23.8. The van der Waals surface area contributed by atoms with Gasteiger partial charge < -0.3 is 28.4 Å². The molecule has 2 saturated heterocycles. The highest BCUT2D eigenvalue weighted by molar-refractivity contribution is 14.1. The number of carbonyl (C=O) groups is 2. The molecular formula is C43H53IO8. The van der Waals surface area contributed by atoms with Crippen molar-refractivity contribution in [2.24, 2.45) is 0 Å². The molecule has 2 aliphatic heterocycles. The number of halogens is 1. The molecule has 0 spiro atoms. The quantitative estimate of drug-likeness (QED) is 0.0802. The van der Waals surface area contributed by atoms with Crippen molar-refractivity contribution in [3.63, 3.8) is 0 Å². The maximum Gasteiger partial charge on any atom is 0.306 e. The molecule has 9 heteroatoms. The Labute approximate surface area is 323 Å². The van der Waals surface area contributed by atoms with Crippen LogP contribution in [0, 0.1) is 0 Å². The van der Waals surface area contributed by atoms with E-state index in [1.54, 1.807) is 0 Å². The third-order valence-corrected chi connectivity index (χ3v) is 9.10. The van der Waals surface area contributed by atoms with Crippen molar-refractivity contribution in [1.29, 1.82) is 0 Å². The molecule has 0 N–H and O–H groups in total. The topological polar surface area (TPSA) is 89.5 Å². The first-order valence-electron chi connectivity index (χ1n) is 18.5. The number of carbonyl (C=O) groups excluding carboxylic acids is 2. The molecule has 4 atom stereocenters. The summed E-state index contributed by atoms with van der Waals surface area (Å²) in [7, 11) is 0. The fourth-order valence-electron chi connectivity index (χ4n) is 5.96. The van der Waals surface area contributed by atoms with E-state index in [4.69, 9.17) is 28.4 Å². The highest BCUT2D eigenvalue weighted by Gasteiger charge is 2.19. The Morgan fingerprint density at radius 1 is 0.692 bits per heavy atom. The van der Waals surface area contributed by atoms with Crippen molar-refractivity contribution in [3.8, 4) is 11.5 Å². The van der Waals surface area contributed by atoms with Crippen molar-refractivity contribution >= 4 is 34.5 Å². The van der Waals surface area contributed by atoms with Crippen LogP contribution < -0.4 is 9.47 Å². The fraction of sp³-hybridized carbons (Fsp3) is 0.442. The van der Waals surface area contributed by atoms with Gasteiger partial charge in [0.05, 0.1) is 39.3 Å². The van der Waals surface area contributed by atoms with Gasteiger partial charge in [0.1, 0.15) is 11.5 Å². The summed E-state index contributed by atoms with van der Waals surface area (Å²) in [6.07, 6.45) is 13.8. The molecule has 280 valence electrons. The van der Waals surface area contributed by atoms with Crippen molar-refractivity contribution < 1.29 is 38.0 Å². The first-order valence-corrected chi connectivity index (χ1v) is 19.8. The largest absolute Gasteiger partial charge is 0.466 e. The molecule has 2 unspecified atom stereocenters. The Kier molecular flexibility index (Phi) is 18.8. The molecule has 52 heavy (non-hydrogen) atoms. The van der Waals surface area contributed by atoms with Crippen LogP contribution in [-0.2, 0) is 35.0 Å². The molecule has 8 nitrogen and oxygen atoms in total. The fourth-order valence-corrected chi connectivity index (χ4v) is 6.46. The first-order chi connectivity index (χ1) is 25.5. The Bertz CT molecular complexity index is 1490. The highest BCUT2D eigenvalue weighted by Crippen LogP contribution is 2.28. The van der Waals surface area contributed by atoms with Gasteiger partial charge in [0.25, 0.3) is 0 Å². The second-order valence-electron chi connectivity index (χ2n) is 12.6. The maximum absolute atomic E-state index is 12.1. The van der Waals surface area contributed by atoms with Crippen LogP contribution in [0.5, 0.6) is 11.5 Å². The van der Waals surface area contributed by atoms with E-state index in [-0.39, 0.29) is 36.4 Å².